The molecule has 2 amide bonds. The second-order valence-electron chi connectivity index (χ2n) is 8.73. The molecule has 5 rings (SSSR count). The zero-order chi connectivity index (χ0) is 25.4. The number of carbonyl (C=O) groups is 2. The summed E-state index contributed by atoms with van der Waals surface area (Å²) in [5.74, 6) is 1.44. The molecule has 0 bridgehead atoms. The van der Waals surface area contributed by atoms with Crippen molar-refractivity contribution in [2.24, 2.45) is 0 Å². The van der Waals surface area contributed by atoms with Gasteiger partial charge in [0, 0.05) is 54.8 Å². The summed E-state index contributed by atoms with van der Waals surface area (Å²) in [6.45, 7) is 2.74. The Morgan fingerprint density at radius 2 is 1.78 bits per heavy atom. The molecule has 2 aromatic carbocycles. The first-order valence-corrected chi connectivity index (χ1v) is 12.5. The molecule has 0 saturated carbocycles. The van der Waals surface area contributed by atoms with Crippen LogP contribution in [-0.4, -0.2) is 66.7 Å². The van der Waals surface area contributed by atoms with E-state index in [-0.39, 0.29) is 23.0 Å². The zero-order valence-corrected chi connectivity index (χ0v) is 21.6. The van der Waals surface area contributed by atoms with Gasteiger partial charge in [0.1, 0.15) is 11.9 Å². The highest BCUT2D eigenvalue weighted by Gasteiger charge is 2.33. The number of rotatable bonds is 6. The maximum atomic E-state index is 13.0. The molecule has 1 unspecified atom stereocenters. The number of anilines is 2. The highest BCUT2D eigenvalue weighted by atomic mass is 35.5. The molecule has 1 fully saturated rings. The van der Waals surface area contributed by atoms with Crippen molar-refractivity contribution in [1.82, 2.24) is 14.5 Å². The highest BCUT2D eigenvalue weighted by molar-refractivity contribution is 7.71. The van der Waals surface area contributed by atoms with Crippen molar-refractivity contribution in [3.05, 3.63) is 46.2 Å². The minimum absolute atomic E-state index is 0.0266. The van der Waals surface area contributed by atoms with E-state index in [1.54, 1.807) is 30.9 Å². The fraction of sp³-hybridized carbons (Fsp3) is 0.360. The summed E-state index contributed by atoms with van der Waals surface area (Å²) in [6.07, 6.45) is 0.577. The van der Waals surface area contributed by atoms with Crippen LogP contribution in [0.4, 0.5) is 11.5 Å². The summed E-state index contributed by atoms with van der Waals surface area (Å²) < 4.78 is 12.8. The number of halogens is 1. The van der Waals surface area contributed by atoms with Crippen LogP contribution >= 0.6 is 23.8 Å². The van der Waals surface area contributed by atoms with Crippen LogP contribution in [-0.2, 0) is 9.59 Å². The van der Waals surface area contributed by atoms with E-state index in [0.29, 0.717) is 52.8 Å². The van der Waals surface area contributed by atoms with Crippen LogP contribution < -0.4 is 19.7 Å². The molecule has 2 aliphatic rings. The largest absolute Gasteiger partial charge is 0.493 e. The predicted octanol–water partition coefficient (Wildman–Crippen LogP) is 4.06. The van der Waals surface area contributed by atoms with Crippen molar-refractivity contribution < 1.29 is 19.1 Å². The number of methoxy groups -OCH3 is 2. The number of piperazine rings is 1. The summed E-state index contributed by atoms with van der Waals surface area (Å²) in [6, 6.07) is 10.6. The van der Waals surface area contributed by atoms with E-state index in [1.807, 2.05) is 29.2 Å². The van der Waals surface area contributed by atoms with Crippen LogP contribution in [0.3, 0.4) is 0 Å². The van der Waals surface area contributed by atoms with Gasteiger partial charge < -0.3 is 24.6 Å². The van der Waals surface area contributed by atoms with Crippen molar-refractivity contribution in [2.45, 2.75) is 18.9 Å². The molecule has 1 saturated heterocycles. The van der Waals surface area contributed by atoms with Crippen LogP contribution in [0.5, 0.6) is 11.5 Å². The maximum absolute atomic E-state index is 13.0. The smallest absolute Gasteiger partial charge is 0.248 e. The number of amides is 2. The lowest BCUT2D eigenvalue weighted by atomic mass is 10.1. The Balaban J connectivity index is 1.28. The minimum Gasteiger partial charge on any atom is -0.493 e. The van der Waals surface area contributed by atoms with Crippen LogP contribution in [0.1, 0.15) is 18.9 Å². The topological polar surface area (TPSA) is 88.9 Å². The first-order chi connectivity index (χ1) is 17.4. The van der Waals surface area contributed by atoms with Gasteiger partial charge in [-0.3, -0.25) is 14.2 Å². The normalized spacial score (nSPS) is 17.2. The molecule has 3 aromatic rings. The lowest BCUT2D eigenvalue weighted by Gasteiger charge is -2.36. The lowest BCUT2D eigenvalue weighted by molar-refractivity contribution is -0.131. The Bertz CT molecular complexity index is 1390. The number of benzene rings is 2. The summed E-state index contributed by atoms with van der Waals surface area (Å²) in [5.41, 5.74) is 1.69. The van der Waals surface area contributed by atoms with E-state index in [2.05, 4.69) is 15.2 Å². The van der Waals surface area contributed by atoms with Crippen molar-refractivity contribution in [1.29, 1.82) is 0 Å². The van der Waals surface area contributed by atoms with Gasteiger partial charge in [-0.05, 0) is 49.0 Å². The molecule has 0 radical (unpaired) electrons. The third-order valence-electron chi connectivity index (χ3n) is 6.73. The number of aromatic nitrogens is 2. The van der Waals surface area contributed by atoms with Crippen LogP contribution in [0.2, 0.25) is 5.02 Å². The van der Waals surface area contributed by atoms with Gasteiger partial charge in [0.15, 0.2) is 11.5 Å². The number of ether oxygens (including phenoxy) is 2. The average molecular weight is 528 g/mol. The van der Waals surface area contributed by atoms with Gasteiger partial charge in [-0.15, -0.1) is 0 Å². The van der Waals surface area contributed by atoms with E-state index in [4.69, 9.17) is 33.3 Å². The molecule has 1 atom stereocenters. The van der Waals surface area contributed by atoms with E-state index in [0.717, 1.165) is 18.8 Å². The zero-order valence-electron chi connectivity index (χ0n) is 20.0. The number of hydrogen-bond donors (Lipinski definition) is 1. The van der Waals surface area contributed by atoms with E-state index >= 15 is 0 Å². The van der Waals surface area contributed by atoms with Gasteiger partial charge >= 0.3 is 0 Å². The van der Waals surface area contributed by atoms with Gasteiger partial charge in [0.25, 0.3) is 0 Å². The molecule has 188 valence electrons. The second-order valence-corrected chi connectivity index (χ2v) is 9.53. The molecule has 1 N–H and O–H groups in total. The molecule has 3 heterocycles. The van der Waals surface area contributed by atoms with Gasteiger partial charge in [0.05, 0.1) is 19.7 Å². The first-order valence-electron chi connectivity index (χ1n) is 11.7. The number of fused-ring (bicyclic) bond motifs is 3. The van der Waals surface area contributed by atoms with E-state index in [1.165, 1.54) is 0 Å². The van der Waals surface area contributed by atoms with Crippen LogP contribution in [0.15, 0.2) is 36.4 Å². The molecule has 36 heavy (non-hydrogen) atoms. The number of hydrogen-bond acceptors (Lipinski definition) is 7. The van der Waals surface area contributed by atoms with Crippen LogP contribution in [0, 0.1) is 4.77 Å². The molecular formula is C25H26ClN5O4S. The molecule has 9 nitrogen and oxygen atoms in total. The summed E-state index contributed by atoms with van der Waals surface area (Å²) in [7, 11) is 3.10. The molecular weight excluding hydrogens is 502 g/mol. The number of carbonyl (C=O) groups excluding carboxylic acids is 2. The fourth-order valence-electron chi connectivity index (χ4n) is 4.81. The van der Waals surface area contributed by atoms with Gasteiger partial charge in [-0.25, -0.2) is 4.98 Å². The summed E-state index contributed by atoms with van der Waals surface area (Å²) in [5, 5.41) is 4.33. The quantitative estimate of drug-likeness (QED) is 0.484. The molecule has 0 aliphatic carbocycles. The Morgan fingerprint density at radius 3 is 2.44 bits per heavy atom. The van der Waals surface area contributed by atoms with Gasteiger partial charge in [-0.2, -0.15) is 0 Å². The Kier molecular flexibility index (Phi) is 6.72. The Labute approximate surface area is 218 Å². The van der Waals surface area contributed by atoms with Crippen molar-refractivity contribution in [2.75, 3.05) is 50.6 Å². The van der Waals surface area contributed by atoms with Crippen molar-refractivity contribution in [3.63, 3.8) is 0 Å². The Hall–Kier alpha value is -3.37. The van der Waals surface area contributed by atoms with Gasteiger partial charge in [-0.1, -0.05) is 11.6 Å². The monoisotopic (exact) mass is 527 g/mol. The maximum Gasteiger partial charge on any atom is 0.248 e. The number of nitrogens with zero attached hydrogens (tertiary/aromatic N) is 4. The molecule has 11 heteroatoms. The van der Waals surface area contributed by atoms with E-state index in [9.17, 15) is 9.59 Å². The summed E-state index contributed by atoms with van der Waals surface area (Å²) >= 11 is 11.5. The highest BCUT2D eigenvalue weighted by Crippen LogP contribution is 2.39. The molecule has 2 aliphatic heterocycles. The van der Waals surface area contributed by atoms with Crippen molar-refractivity contribution >= 4 is 58.0 Å². The SMILES string of the molecule is COc1cc2nc(=S)n3c(c2cc1OC)NC(=O)C3CCC(=O)N1CCN(c2ccc(Cl)cc2)CC1. The number of nitrogens with one attached hydrogen (secondary N) is 1. The molecule has 0 spiro atoms. The standard InChI is InChI=1S/C25H26ClN5O4S/c1-34-20-13-17-18(14-21(20)35-2)27-25(36)31-19(24(33)28-23(17)31)7-8-22(32)30-11-9-29(10-12-30)16-5-3-15(26)4-6-16/h3-6,13-14,19H,7-12H2,1-2H3,(H,28,33). The average Bonchev–Trinajstić information content (AvgIpc) is 3.23. The summed E-state index contributed by atoms with van der Waals surface area (Å²) in [4.78, 5) is 34.5. The second kappa shape index (κ2) is 9.94. The lowest BCUT2D eigenvalue weighted by Crippen LogP contribution is -2.48. The van der Waals surface area contributed by atoms with E-state index < -0.39 is 6.04 Å². The van der Waals surface area contributed by atoms with Crippen LogP contribution in [0.25, 0.3) is 10.9 Å². The first kappa shape index (κ1) is 24.3. The third-order valence-corrected chi connectivity index (χ3v) is 7.27. The molecule has 1 aromatic heterocycles. The van der Waals surface area contributed by atoms with Crippen molar-refractivity contribution in [3.8, 4) is 11.5 Å². The fourth-order valence-corrected chi connectivity index (χ4v) is 5.25. The Morgan fingerprint density at radius 1 is 1.11 bits per heavy atom. The third kappa shape index (κ3) is 4.46. The van der Waals surface area contributed by atoms with Gasteiger partial charge in [0.2, 0.25) is 16.6 Å². The minimum atomic E-state index is -0.600. The predicted molar refractivity (Wildman–Crippen MR) is 141 cm³/mol.